The van der Waals surface area contributed by atoms with E-state index in [9.17, 15) is 14.7 Å². The molecular weight excluding hydrogens is 260 g/mol. The third-order valence-corrected chi connectivity index (χ3v) is 4.53. The first-order valence-corrected chi connectivity index (χ1v) is 7.43. The van der Waals surface area contributed by atoms with Crippen molar-refractivity contribution in [3.05, 3.63) is 0 Å². The summed E-state index contributed by atoms with van der Waals surface area (Å²) < 4.78 is 0. The predicted molar refractivity (Wildman–Crippen MR) is 73.3 cm³/mol. The van der Waals surface area contributed by atoms with Crippen LogP contribution >= 0.6 is 0 Å². The molecule has 6 nitrogen and oxygen atoms in total. The van der Waals surface area contributed by atoms with Gasteiger partial charge in [0.2, 0.25) is 0 Å². The Morgan fingerprint density at radius 2 is 1.95 bits per heavy atom. The Labute approximate surface area is 119 Å². The molecule has 2 aliphatic heterocycles. The summed E-state index contributed by atoms with van der Waals surface area (Å²) in [4.78, 5) is 27.1. The first-order chi connectivity index (χ1) is 9.54. The molecule has 0 aromatic carbocycles. The van der Waals surface area contributed by atoms with Gasteiger partial charge < -0.3 is 20.0 Å². The molecular formula is C14H24N2O4. The third kappa shape index (κ3) is 3.06. The van der Waals surface area contributed by atoms with Gasteiger partial charge in [0.1, 0.15) is 0 Å². The fourth-order valence-electron chi connectivity index (χ4n) is 3.25. The van der Waals surface area contributed by atoms with Crippen LogP contribution in [-0.2, 0) is 4.79 Å². The smallest absolute Gasteiger partial charge is 0.320 e. The third-order valence-electron chi connectivity index (χ3n) is 4.53. The highest BCUT2D eigenvalue weighted by atomic mass is 16.4. The van der Waals surface area contributed by atoms with Gasteiger partial charge in [0.05, 0.1) is 18.6 Å². The minimum absolute atomic E-state index is 0.0164. The molecule has 0 aromatic rings. The number of aliphatic hydroxyl groups is 1. The average molecular weight is 284 g/mol. The van der Waals surface area contributed by atoms with E-state index in [0.717, 1.165) is 25.7 Å². The number of carbonyl (C=O) groups excluding carboxylic acids is 1. The molecule has 0 saturated carbocycles. The quantitative estimate of drug-likeness (QED) is 0.792. The van der Waals surface area contributed by atoms with Gasteiger partial charge in [-0.25, -0.2) is 4.79 Å². The number of hydrogen-bond acceptors (Lipinski definition) is 3. The van der Waals surface area contributed by atoms with E-state index in [4.69, 9.17) is 5.11 Å². The first kappa shape index (κ1) is 15.1. The summed E-state index contributed by atoms with van der Waals surface area (Å²) in [6, 6.07) is -0.231. The van der Waals surface area contributed by atoms with E-state index in [1.165, 1.54) is 0 Å². The first-order valence-electron chi connectivity index (χ1n) is 7.43. The predicted octanol–water partition coefficient (Wildman–Crippen LogP) is 0.996. The van der Waals surface area contributed by atoms with Crippen molar-refractivity contribution in [3.8, 4) is 0 Å². The molecule has 0 bridgehead atoms. The molecule has 0 aliphatic carbocycles. The monoisotopic (exact) mass is 284 g/mol. The number of nitrogens with zero attached hydrogens (tertiary/aromatic N) is 2. The second kappa shape index (κ2) is 6.43. The number of carboxylic acid groups (broad SMARTS) is 1. The van der Waals surface area contributed by atoms with Gasteiger partial charge >= 0.3 is 12.0 Å². The lowest BCUT2D eigenvalue weighted by atomic mass is 9.99. The van der Waals surface area contributed by atoms with Gasteiger partial charge in [-0.15, -0.1) is 0 Å². The molecule has 3 atom stereocenters. The number of carboxylic acids is 1. The normalized spacial score (nSPS) is 31.2. The van der Waals surface area contributed by atoms with E-state index in [0.29, 0.717) is 13.1 Å². The summed E-state index contributed by atoms with van der Waals surface area (Å²) in [6.07, 6.45) is 3.89. The molecule has 2 N–H and O–H groups in total. The Morgan fingerprint density at radius 1 is 1.20 bits per heavy atom. The SMILES string of the molecule is CC1CN(C(=O)N2CCCCCC2CO)CC1C(=O)O. The van der Waals surface area contributed by atoms with Crippen LogP contribution in [0.4, 0.5) is 4.79 Å². The standard InChI is InChI=1S/C14H24N2O4/c1-10-7-15(8-12(10)13(18)19)14(20)16-6-4-2-3-5-11(16)9-17/h10-12,17H,2-9H2,1H3,(H,18,19). The summed E-state index contributed by atoms with van der Waals surface area (Å²) in [6.45, 7) is 3.29. The van der Waals surface area contributed by atoms with Gasteiger partial charge in [-0.3, -0.25) is 4.79 Å². The molecule has 0 radical (unpaired) electrons. The van der Waals surface area contributed by atoms with E-state index in [-0.39, 0.29) is 31.1 Å². The van der Waals surface area contributed by atoms with E-state index in [2.05, 4.69) is 0 Å². The molecule has 2 saturated heterocycles. The summed E-state index contributed by atoms with van der Waals surface area (Å²) in [5.41, 5.74) is 0. The van der Waals surface area contributed by atoms with Crippen molar-refractivity contribution < 1.29 is 19.8 Å². The number of urea groups is 1. The topological polar surface area (TPSA) is 81.1 Å². The van der Waals surface area contributed by atoms with Gasteiger partial charge in [0.25, 0.3) is 0 Å². The zero-order valence-electron chi connectivity index (χ0n) is 12.0. The summed E-state index contributed by atoms with van der Waals surface area (Å²) in [7, 11) is 0. The number of rotatable bonds is 2. The van der Waals surface area contributed by atoms with Crippen LogP contribution in [0.2, 0.25) is 0 Å². The van der Waals surface area contributed by atoms with Crippen LogP contribution in [0.15, 0.2) is 0 Å². The maximum atomic E-state index is 12.6. The molecule has 6 heteroatoms. The highest BCUT2D eigenvalue weighted by Crippen LogP contribution is 2.26. The van der Waals surface area contributed by atoms with Gasteiger partial charge in [0.15, 0.2) is 0 Å². The Hall–Kier alpha value is -1.30. The van der Waals surface area contributed by atoms with Crippen molar-refractivity contribution in [1.82, 2.24) is 9.80 Å². The van der Waals surface area contributed by atoms with Crippen molar-refractivity contribution in [2.45, 2.75) is 38.6 Å². The van der Waals surface area contributed by atoms with Crippen LogP contribution in [0.3, 0.4) is 0 Å². The molecule has 2 amide bonds. The lowest BCUT2D eigenvalue weighted by Crippen LogP contribution is -2.48. The fourth-order valence-corrected chi connectivity index (χ4v) is 3.25. The molecule has 2 heterocycles. The zero-order chi connectivity index (χ0) is 14.7. The molecule has 20 heavy (non-hydrogen) atoms. The van der Waals surface area contributed by atoms with Crippen LogP contribution in [0.1, 0.15) is 32.6 Å². The molecule has 2 fully saturated rings. The Kier molecular flexibility index (Phi) is 4.86. The van der Waals surface area contributed by atoms with Crippen LogP contribution in [0, 0.1) is 11.8 Å². The van der Waals surface area contributed by atoms with Crippen LogP contribution in [0.25, 0.3) is 0 Å². The van der Waals surface area contributed by atoms with Crippen LogP contribution in [0.5, 0.6) is 0 Å². The number of hydrogen-bond donors (Lipinski definition) is 2. The summed E-state index contributed by atoms with van der Waals surface area (Å²) >= 11 is 0. The van der Waals surface area contributed by atoms with E-state index in [1.807, 2.05) is 6.92 Å². The van der Waals surface area contributed by atoms with Crippen molar-refractivity contribution in [1.29, 1.82) is 0 Å². The van der Waals surface area contributed by atoms with Crippen molar-refractivity contribution in [2.75, 3.05) is 26.2 Å². The molecule has 2 rings (SSSR count). The number of aliphatic carboxylic acids is 1. The van der Waals surface area contributed by atoms with E-state index in [1.54, 1.807) is 9.80 Å². The van der Waals surface area contributed by atoms with Gasteiger partial charge in [-0.2, -0.15) is 0 Å². The molecule has 2 aliphatic rings. The van der Waals surface area contributed by atoms with Gasteiger partial charge in [0, 0.05) is 19.6 Å². The Balaban J connectivity index is 2.04. The highest BCUT2D eigenvalue weighted by molar-refractivity contribution is 5.78. The minimum atomic E-state index is -0.831. The largest absolute Gasteiger partial charge is 0.481 e. The number of amides is 2. The van der Waals surface area contributed by atoms with Crippen LogP contribution < -0.4 is 0 Å². The second-order valence-electron chi connectivity index (χ2n) is 5.99. The van der Waals surface area contributed by atoms with E-state index >= 15 is 0 Å². The minimum Gasteiger partial charge on any atom is -0.481 e. The van der Waals surface area contributed by atoms with Crippen molar-refractivity contribution >= 4 is 12.0 Å². The number of carbonyl (C=O) groups is 2. The second-order valence-corrected chi connectivity index (χ2v) is 5.99. The summed E-state index contributed by atoms with van der Waals surface area (Å²) in [5.74, 6) is -1.32. The Morgan fingerprint density at radius 3 is 2.55 bits per heavy atom. The molecule has 3 unspecified atom stereocenters. The lowest BCUT2D eigenvalue weighted by Gasteiger charge is -2.32. The van der Waals surface area contributed by atoms with Gasteiger partial charge in [-0.1, -0.05) is 19.8 Å². The molecule has 114 valence electrons. The maximum absolute atomic E-state index is 12.6. The van der Waals surface area contributed by atoms with Crippen LogP contribution in [-0.4, -0.2) is 64.3 Å². The number of aliphatic hydroxyl groups excluding tert-OH is 1. The molecule has 0 aromatic heterocycles. The summed E-state index contributed by atoms with van der Waals surface area (Å²) in [5, 5.41) is 18.6. The molecule has 0 spiro atoms. The highest BCUT2D eigenvalue weighted by Gasteiger charge is 2.39. The fraction of sp³-hybridized carbons (Fsp3) is 0.857. The maximum Gasteiger partial charge on any atom is 0.320 e. The van der Waals surface area contributed by atoms with Crippen molar-refractivity contribution in [2.24, 2.45) is 11.8 Å². The zero-order valence-corrected chi connectivity index (χ0v) is 12.0. The average Bonchev–Trinajstić information content (AvgIpc) is 2.67. The Bertz CT molecular complexity index is 374. The van der Waals surface area contributed by atoms with Crippen molar-refractivity contribution in [3.63, 3.8) is 0 Å². The lowest BCUT2D eigenvalue weighted by molar-refractivity contribution is -0.142. The number of likely N-dealkylation sites (tertiary alicyclic amines) is 2. The van der Waals surface area contributed by atoms with Gasteiger partial charge in [-0.05, 0) is 18.8 Å². The van der Waals surface area contributed by atoms with E-state index < -0.39 is 11.9 Å².